The van der Waals surface area contributed by atoms with Crippen molar-refractivity contribution in [2.24, 2.45) is 0 Å². The van der Waals surface area contributed by atoms with Crippen LogP contribution in [0.2, 0.25) is 5.02 Å². The van der Waals surface area contributed by atoms with E-state index in [9.17, 15) is 15.2 Å². The largest absolute Gasteiger partial charge is 0.392 e. The van der Waals surface area contributed by atoms with Crippen molar-refractivity contribution in [2.75, 3.05) is 0 Å². The summed E-state index contributed by atoms with van der Waals surface area (Å²) in [6, 6.07) is 6.52. The van der Waals surface area contributed by atoms with E-state index in [4.69, 9.17) is 11.6 Å². The number of aryl methyl sites for hydroxylation is 1. The van der Waals surface area contributed by atoms with Gasteiger partial charge in [0.1, 0.15) is 5.02 Å². The van der Waals surface area contributed by atoms with Gasteiger partial charge in [0.05, 0.1) is 17.2 Å². The number of aliphatic hydroxyl groups is 1. The molecule has 2 aromatic rings. The van der Waals surface area contributed by atoms with Gasteiger partial charge in [0.25, 0.3) is 5.69 Å². The molecule has 19 heavy (non-hydrogen) atoms. The second-order valence-corrected chi connectivity index (χ2v) is 4.69. The third-order valence-electron chi connectivity index (χ3n) is 3.09. The van der Waals surface area contributed by atoms with E-state index < -0.39 is 4.92 Å². The minimum atomic E-state index is -0.507. The number of hydrogen-bond donors (Lipinski definition) is 1. The number of nitrogens with zero attached hydrogens (tertiary/aromatic N) is 2. The number of nitro benzene ring substituents is 1. The summed E-state index contributed by atoms with van der Waals surface area (Å²) in [4.78, 5) is 10.4. The third-order valence-corrected chi connectivity index (χ3v) is 3.41. The van der Waals surface area contributed by atoms with Crippen molar-refractivity contribution in [3.8, 4) is 5.69 Å². The lowest BCUT2D eigenvalue weighted by Gasteiger charge is -2.10. The summed E-state index contributed by atoms with van der Waals surface area (Å²) < 4.78 is 1.86. The topological polar surface area (TPSA) is 68.3 Å². The molecule has 1 heterocycles. The van der Waals surface area contributed by atoms with Crippen LogP contribution >= 0.6 is 11.6 Å². The van der Waals surface area contributed by atoms with E-state index in [0.717, 1.165) is 17.0 Å². The normalized spacial score (nSPS) is 10.7. The van der Waals surface area contributed by atoms with Crippen LogP contribution in [-0.4, -0.2) is 14.6 Å². The van der Waals surface area contributed by atoms with Gasteiger partial charge in [-0.15, -0.1) is 0 Å². The highest BCUT2D eigenvalue weighted by molar-refractivity contribution is 6.32. The van der Waals surface area contributed by atoms with Gasteiger partial charge in [0.2, 0.25) is 0 Å². The third kappa shape index (κ3) is 2.34. The lowest BCUT2D eigenvalue weighted by atomic mass is 10.2. The molecule has 0 unspecified atom stereocenters. The van der Waals surface area contributed by atoms with Gasteiger partial charge in [0, 0.05) is 17.5 Å². The highest BCUT2D eigenvalue weighted by Crippen LogP contribution is 2.29. The minimum Gasteiger partial charge on any atom is -0.392 e. The van der Waals surface area contributed by atoms with Gasteiger partial charge in [-0.3, -0.25) is 10.1 Å². The molecule has 0 radical (unpaired) electrons. The van der Waals surface area contributed by atoms with Crippen LogP contribution < -0.4 is 0 Å². The Labute approximate surface area is 115 Å². The first-order valence-electron chi connectivity index (χ1n) is 5.68. The molecule has 1 N–H and O–H groups in total. The maximum Gasteiger partial charge on any atom is 0.289 e. The predicted molar refractivity (Wildman–Crippen MR) is 72.8 cm³/mol. The smallest absolute Gasteiger partial charge is 0.289 e. The summed E-state index contributed by atoms with van der Waals surface area (Å²) in [6.45, 7) is 3.68. The Bertz CT molecular complexity index is 650. The van der Waals surface area contributed by atoms with Crippen LogP contribution in [0.15, 0.2) is 24.3 Å². The molecule has 0 spiro atoms. The van der Waals surface area contributed by atoms with Crippen LogP contribution in [0.25, 0.3) is 5.69 Å². The van der Waals surface area contributed by atoms with Crippen LogP contribution in [0.1, 0.15) is 17.0 Å². The van der Waals surface area contributed by atoms with Gasteiger partial charge in [-0.05, 0) is 37.6 Å². The van der Waals surface area contributed by atoms with Gasteiger partial charge in [0.15, 0.2) is 0 Å². The molecule has 5 nitrogen and oxygen atoms in total. The van der Waals surface area contributed by atoms with E-state index in [2.05, 4.69) is 0 Å². The van der Waals surface area contributed by atoms with E-state index in [0.29, 0.717) is 5.69 Å². The van der Waals surface area contributed by atoms with Crippen LogP contribution in [0.3, 0.4) is 0 Å². The van der Waals surface area contributed by atoms with Crippen molar-refractivity contribution in [2.45, 2.75) is 20.5 Å². The fourth-order valence-corrected chi connectivity index (χ4v) is 2.35. The maximum absolute atomic E-state index is 10.9. The zero-order valence-electron chi connectivity index (χ0n) is 10.6. The highest BCUT2D eigenvalue weighted by atomic mass is 35.5. The summed E-state index contributed by atoms with van der Waals surface area (Å²) in [7, 11) is 0. The molecule has 0 aliphatic heterocycles. The molecule has 0 aliphatic carbocycles. The van der Waals surface area contributed by atoms with Crippen molar-refractivity contribution in [3.05, 3.63) is 56.4 Å². The molecular formula is C13H13ClN2O3. The summed E-state index contributed by atoms with van der Waals surface area (Å²) in [5.41, 5.74) is 3.09. The van der Waals surface area contributed by atoms with Crippen LogP contribution in [0.4, 0.5) is 5.69 Å². The van der Waals surface area contributed by atoms with Gasteiger partial charge in [-0.1, -0.05) is 11.6 Å². The second-order valence-electron chi connectivity index (χ2n) is 4.28. The van der Waals surface area contributed by atoms with Crippen molar-refractivity contribution in [1.29, 1.82) is 0 Å². The van der Waals surface area contributed by atoms with Crippen LogP contribution in [0, 0.1) is 24.0 Å². The summed E-state index contributed by atoms with van der Waals surface area (Å²) in [5, 5.41) is 20.3. The Balaban J connectivity index is 2.63. The first kappa shape index (κ1) is 13.6. The number of hydrogen-bond acceptors (Lipinski definition) is 3. The SMILES string of the molecule is Cc1cc(CO)c(C)n1-c1ccc(Cl)c([N+](=O)[O-])c1. The number of aromatic nitrogens is 1. The molecule has 0 fully saturated rings. The van der Waals surface area contributed by atoms with Crippen molar-refractivity contribution < 1.29 is 10.0 Å². The molecule has 1 aromatic heterocycles. The first-order valence-corrected chi connectivity index (χ1v) is 6.06. The van der Waals surface area contributed by atoms with E-state index in [1.54, 1.807) is 6.07 Å². The fraction of sp³-hybridized carbons (Fsp3) is 0.231. The molecule has 0 amide bonds. The monoisotopic (exact) mass is 280 g/mol. The van der Waals surface area contributed by atoms with E-state index in [1.807, 2.05) is 24.5 Å². The lowest BCUT2D eigenvalue weighted by molar-refractivity contribution is -0.384. The zero-order valence-corrected chi connectivity index (χ0v) is 11.3. The van der Waals surface area contributed by atoms with Crippen molar-refractivity contribution in [3.63, 3.8) is 0 Å². The van der Waals surface area contributed by atoms with E-state index in [1.165, 1.54) is 12.1 Å². The summed E-state index contributed by atoms with van der Waals surface area (Å²) >= 11 is 5.80. The molecule has 0 aliphatic rings. The molecule has 1 aromatic carbocycles. The first-order chi connectivity index (χ1) is 8.95. The highest BCUT2D eigenvalue weighted by Gasteiger charge is 2.16. The maximum atomic E-state index is 10.9. The Morgan fingerprint density at radius 2 is 2.05 bits per heavy atom. The van der Waals surface area contributed by atoms with Crippen molar-refractivity contribution >= 4 is 17.3 Å². The molecule has 2 rings (SSSR count). The Hall–Kier alpha value is -1.85. The molecule has 0 saturated heterocycles. The molecule has 0 atom stereocenters. The average molecular weight is 281 g/mol. The number of nitro groups is 1. The van der Waals surface area contributed by atoms with Crippen LogP contribution in [-0.2, 0) is 6.61 Å². The molecule has 0 bridgehead atoms. The van der Waals surface area contributed by atoms with Crippen LogP contribution in [0.5, 0.6) is 0 Å². The van der Waals surface area contributed by atoms with Gasteiger partial charge in [-0.25, -0.2) is 0 Å². The molecule has 6 heteroatoms. The Kier molecular flexibility index (Phi) is 3.59. The van der Waals surface area contributed by atoms with E-state index in [-0.39, 0.29) is 17.3 Å². The summed E-state index contributed by atoms with van der Waals surface area (Å²) in [6.07, 6.45) is 0. The predicted octanol–water partition coefficient (Wildman–Crippen LogP) is 3.15. The number of rotatable bonds is 3. The molecule has 0 saturated carbocycles. The fourth-order valence-electron chi connectivity index (χ4n) is 2.17. The number of aliphatic hydroxyl groups excluding tert-OH is 1. The molecular weight excluding hydrogens is 268 g/mol. The second kappa shape index (κ2) is 5.03. The Morgan fingerprint density at radius 3 is 2.58 bits per heavy atom. The average Bonchev–Trinajstić information content (AvgIpc) is 2.65. The quantitative estimate of drug-likeness (QED) is 0.694. The standard InChI is InChI=1S/C13H13ClN2O3/c1-8-5-10(7-17)9(2)15(8)11-3-4-12(14)13(6-11)16(18)19/h3-6,17H,7H2,1-2H3. The van der Waals surface area contributed by atoms with E-state index >= 15 is 0 Å². The zero-order chi connectivity index (χ0) is 14.2. The lowest BCUT2D eigenvalue weighted by Crippen LogP contribution is -2.01. The number of benzene rings is 1. The molecule has 100 valence electrons. The minimum absolute atomic E-state index is 0.0602. The van der Waals surface area contributed by atoms with Gasteiger partial charge >= 0.3 is 0 Å². The number of halogens is 1. The van der Waals surface area contributed by atoms with Gasteiger partial charge < -0.3 is 9.67 Å². The Morgan fingerprint density at radius 1 is 1.37 bits per heavy atom. The van der Waals surface area contributed by atoms with Crippen molar-refractivity contribution in [1.82, 2.24) is 4.57 Å². The van der Waals surface area contributed by atoms with Gasteiger partial charge in [-0.2, -0.15) is 0 Å². The summed E-state index contributed by atoms with van der Waals surface area (Å²) in [5.74, 6) is 0.